The lowest BCUT2D eigenvalue weighted by Crippen LogP contribution is -2.38. The van der Waals surface area contributed by atoms with E-state index in [9.17, 15) is 0 Å². The third-order valence-corrected chi connectivity index (χ3v) is 4.82. The molecule has 0 amide bonds. The number of hydrogen-bond donors (Lipinski definition) is 2. The zero-order valence-corrected chi connectivity index (χ0v) is 18.4. The van der Waals surface area contributed by atoms with E-state index in [0.29, 0.717) is 12.5 Å². The van der Waals surface area contributed by atoms with Crippen molar-refractivity contribution in [3.8, 4) is 0 Å². The second kappa shape index (κ2) is 13.7. The molecule has 1 saturated heterocycles. The Labute approximate surface area is 172 Å². The molecule has 0 radical (unpaired) electrons. The number of nitrogens with one attached hydrogen (secondary N) is 2. The molecule has 0 saturated carbocycles. The molecule has 0 bridgehead atoms. The molecule has 1 aliphatic rings. The molecule has 2 rings (SSSR count). The highest BCUT2D eigenvalue weighted by Gasteiger charge is 2.15. The van der Waals surface area contributed by atoms with Crippen molar-refractivity contribution in [1.29, 1.82) is 0 Å². The van der Waals surface area contributed by atoms with Gasteiger partial charge in [0, 0.05) is 37.6 Å². The Balaban J connectivity index is 0.00000312. The number of thiazole rings is 1. The van der Waals surface area contributed by atoms with E-state index >= 15 is 0 Å². The Morgan fingerprint density at radius 3 is 3.00 bits per heavy atom. The van der Waals surface area contributed by atoms with Crippen LogP contribution in [0.3, 0.4) is 0 Å². The highest BCUT2D eigenvalue weighted by molar-refractivity contribution is 14.0. The summed E-state index contributed by atoms with van der Waals surface area (Å²) < 4.78 is 11.1. The highest BCUT2D eigenvalue weighted by Crippen LogP contribution is 2.12. The van der Waals surface area contributed by atoms with Crippen LogP contribution in [0.15, 0.2) is 10.4 Å². The van der Waals surface area contributed by atoms with E-state index in [1.54, 1.807) is 11.3 Å². The Hall–Kier alpha value is -0.450. The summed E-state index contributed by atoms with van der Waals surface area (Å²) in [5.41, 5.74) is 1.04. The number of aliphatic imine (C=N–C) groups is 1. The topological polar surface area (TPSA) is 67.8 Å². The fourth-order valence-corrected chi connectivity index (χ4v) is 3.17. The SMILES string of the molecule is CCNC(=NCc1csc(CC)n1)NCCCOCC1CCOC1.I. The number of nitrogens with zero attached hydrogens (tertiary/aromatic N) is 2. The summed E-state index contributed by atoms with van der Waals surface area (Å²) >= 11 is 1.71. The number of guanidine groups is 1. The molecule has 1 atom stereocenters. The lowest BCUT2D eigenvalue weighted by atomic mass is 10.1. The summed E-state index contributed by atoms with van der Waals surface area (Å²) in [6, 6.07) is 0. The van der Waals surface area contributed by atoms with Crippen LogP contribution in [-0.2, 0) is 22.4 Å². The van der Waals surface area contributed by atoms with Gasteiger partial charge in [0.25, 0.3) is 0 Å². The molecule has 2 N–H and O–H groups in total. The first kappa shape index (κ1) is 22.6. The Kier molecular flexibility index (Phi) is 12.4. The van der Waals surface area contributed by atoms with E-state index in [0.717, 1.165) is 70.4 Å². The van der Waals surface area contributed by atoms with Gasteiger partial charge in [-0.15, -0.1) is 35.3 Å². The maximum atomic E-state index is 5.71. The molecule has 144 valence electrons. The summed E-state index contributed by atoms with van der Waals surface area (Å²) in [6.07, 6.45) is 3.08. The van der Waals surface area contributed by atoms with Gasteiger partial charge in [-0.05, 0) is 26.2 Å². The predicted molar refractivity (Wildman–Crippen MR) is 114 cm³/mol. The molecule has 1 aliphatic heterocycles. The Morgan fingerprint density at radius 1 is 1.44 bits per heavy atom. The summed E-state index contributed by atoms with van der Waals surface area (Å²) in [6.45, 7) is 9.84. The van der Waals surface area contributed by atoms with Gasteiger partial charge in [0.15, 0.2) is 5.96 Å². The summed E-state index contributed by atoms with van der Waals surface area (Å²) in [4.78, 5) is 9.14. The average molecular weight is 482 g/mol. The zero-order chi connectivity index (χ0) is 17.0. The summed E-state index contributed by atoms with van der Waals surface area (Å²) in [5, 5.41) is 9.88. The van der Waals surface area contributed by atoms with Gasteiger partial charge in [0.05, 0.1) is 30.5 Å². The van der Waals surface area contributed by atoms with Crippen molar-refractivity contribution in [3.63, 3.8) is 0 Å². The minimum absolute atomic E-state index is 0. The second-order valence-corrected chi connectivity index (χ2v) is 6.81. The number of rotatable bonds is 10. The number of hydrogen-bond acceptors (Lipinski definition) is 5. The molecule has 8 heteroatoms. The molecule has 1 fully saturated rings. The number of aryl methyl sites for hydroxylation is 1. The van der Waals surface area contributed by atoms with Crippen molar-refractivity contribution >= 4 is 41.3 Å². The normalized spacial score (nSPS) is 17.4. The molecule has 6 nitrogen and oxygen atoms in total. The van der Waals surface area contributed by atoms with Crippen LogP contribution < -0.4 is 10.6 Å². The van der Waals surface area contributed by atoms with Gasteiger partial charge >= 0.3 is 0 Å². The van der Waals surface area contributed by atoms with E-state index in [-0.39, 0.29) is 24.0 Å². The lowest BCUT2D eigenvalue weighted by molar-refractivity contribution is 0.0888. The van der Waals surface area contributed by atoms with Crippen LogP contribution in [0.4, 0.5) is 0 Å². The first-order chi connectivity index (χ1) is 11.8. The van der Waals surface area contributed by atoms with Crippen molar-refractivity contribution in [2.24, 2.45) is 10.9 Å². The van der Waals surface area contributed by atoms with Gasteiger partial charge in [0.2, 0.25) is 0 Å². The number of aromatic nitrogens is 1. The van der Waals surface area contributed by atoms with Crippen molar-refractivity contribution in [2.75, 3.05) is 39.5 Å². The minimum Gasteiger partial charge on any atom is -0.381 e. The van der Waals surface area contributed by atoms with Gasteiger partial charge in [-0.3, -0.25) is 0 Å². The average Bonchev–Trinajstić information content (AvgIpc) is 3.27. The third-order valence-electron chi connectivity index (χ3n) is 3.78. The molecule has 1 aromatic rings. The molecule has 2 heterocycles. The molecule has 1 unspecified atom stereocenters. The van der Waals surface area contributed by atoms with Gasteiger partial charge in [-0.2, -0.15) is 0 Å². The van der Waals surface area contributed by atoms with Crippen LogP contribution in [-0.4, -0.2) is 50.5 Å². The van der Waals surface area contributed by atoms with Crippen LogP contribution >= 0.6 is 35.3 Å². The maximum absolute atomic E-state index is 5.71. The van der Waals surface area contributed by atoms with Crippen molar-refractivity contribution < 1.29 is 9.47 Å². The maximum Gasteiger partial charge on any atom is 0.191 e. The van der Waals surface area contributed by atoms with E-state index < -0.39 is 0 Å². The van der Waals surface area contributed by atoms with E-state index in [2.05, 4.69) is 39.8 Å². The molecular formula is C17H31IN4O2S. The van der Waals surface area contributed by atoms with Crippen molar-refractivity contribution in [1.82, 2.24) is 15.6 Å². The predicted octanol–water partition coefficient (Wildman–Crippen LogP) is 2.82. The van der Waals surface area contributed by atoms with Crippen LogP contribution in [0.2, 0.25) is 0 Å². The Morgan fingerprint density at radius 2 is 2.32 bits per heavy atom. The van der Waals surface area contributed by atoms with Crippen LogP contribution in [0.25, 0.3) is 0 Å². The monoisotopic (exact) mass is 482 g/mol. The van der Waals surface area contributed by atoms with Gasteiger partial charge < -0.3 is 20.1 Å². The van der Waals surface area contributed by atoms with Gasteiger partial charge in [0.1, 0.15) is 0 Å². The van der Waals surface area contributed by atoms with Gasteiger partial charge in [-0.25, -0.2) is 9.98 Å². The smallest absolute Gasteiger partial charge is 0.191 e. The van der Waals surface area contributed by atoms with Crippen LogP contribution in [0.5, 0.6) is 0 Å². The minimum atomic E-state index is 0. The first-order valence-corrected chi connectivity index (χ1v) is 9.80. The van der Waals surface area contributed by atoms with E-state index in [4.69, 9.17) is 9.47 Å². The number of ether oxygens (including phenoxy) is 2. The standard InChI is InChI=1S/C17H30N4O2S.HI/c1-3-16-21-15(13-24-16)10-20-17(18-4-2)19-7-5-8-22-11-14-6-9-23-12-14;/h13-14H,3-12H2,1-2H3,(H2,18,19,20);1H. The van der Waals surface area contributed by atoms with Crippen molar-refractivity contribution in [3.05, 3.63) is 16.1 Å². The van der Waals surface area contributed by atoms with E-state index in [1.807, 2.05) is 0 Å². The molecular weight excluding hydrogens is 451 g/mol. The second-order valence-electron chi connectivity index (χ2n) is 5.87. The Bertz CT molecular complexity index is 493. The quantitative estimate of drug-likeness (QED) is 0.232. The first-order valence-electron chi connectivity index (χ1n) is 8.92. The molecule has 0 aliphatic carbocycles. The third kappa shape index (κ3) is 9.16. The summed E-state index contributed by atoms with van der Waals surface area (Å²) in [7, 11) is 0. The molecule has 0 aromatic carbocycles. The van der Waals surface area contributed by atoms with Crippen LogP contribution in [0, 0.1) is 5.92 Å². The lowest BCUT2D eigenvalue weighted by Gasteiger charge is -2.12. The van der Waals surface area contributed by atoms with Crippen LogP contribution in [0.1, 0.15) is 37.4 Å². The van der Waals surface area contributed by atoms with Gasteiger partial charge in [-0.1, -0.05) is 6.92 Å². The largest absolute Gasteiger partial charge is 0.381 e. The van der Waals surface area contributed by atoms with Crippen molar-refractivity contribution in [2.45, 2.75) is 39.7 Å². The molecule has 25 heavy (non-hydrogen) atoms. The van der Waals surface area contributed by atoms with E-state index in [1.165, 1.54) is 5.01 Å². The number of halogens is 1. The zero-order valence-electron chi connectivity index (χ0n) is 15.3. The molecule has 0 spiro atoms. The summed E-state index contributed by atoms with van der Waals surface area (Å²) in [5.74, 6) is 1.43. The fraction of sp³-hybridized carbons (Fsp3) is 0.765. The molecule has 1 aromatic heterocycles. The highest BCUT2D eigenvalue weighted by atomic mass is 127. The fourth-order valence-electron chi connectivity index (χ4n) is 2.43.